The Morgan fingerprint density at radius 2 is 1.62 bits per heavy atom. The van der Waals surface area contributed by atoms with Gasteiger partial charge in [-0.1, -0.05) is 85.8 Å². The number of rotatable bonds is 8. The summed E-state index contributed by atoms with van der Waals surface area (Å²) in [6.07, 6.45) is 2.49. The standard InChI is InChI=1S/C31H34N4O2/c1-22(26-20-33-27-16-10-9-15-25(26)27)29-31(37)35(18-17-32-29)28(19-23-11-5-3-6-12-23)30(36)34(2)21-24-13-7-4-8-14-24/h3-16,20,22,28-29,32-33H,17-19,21H2,1-2H3. The van der Waals surface area contributed by atoms with Gasteiger partial charge >= 0.3 is 0 Å². The Bertz CT molecular complexity index is 1350. The molecule has 2 amide bonds. The minimum Gasteiger partial charge on any atom is -0.361 e. The lowest BCUT2D eigenvalue weighted by Crippen LogP contribution is -2.62. The Morgan fingerprint density at radius 1 is 0.973 bits per heavy atom. The van der Waals surface area contributed by atoms with E-state index in [1.807, 2.05) is 97.0 Å². The highest BCUT2D eigenvalue weighted by Crippen LogP contribution is 2.30. The first kappa shape index (κ1) is 24.8. The topological polar surface area (TPSA) is 68.4 Å². The fourth-order valence-electron chi connectivity index (χ4n) is 5.42. The van der Waals surface area contributed by atoms with Crippen molar-refractivity contribution < 1.29 is 9.59 Å². The van der Waals surface area contributed by atoms with Gasteiger partial charge in [0.15, 0.2) is 0 Å². The van der Waals surface area contributed by atoms with Crippen LogP contribution in [0, 0.1) is 0 Å². The molecule has 2 heterocycles. The molecule has 3 atom stereocenters. The second kappa shape index (κ2) is 11.0. The molecule has 0 spiro atoms. The Labute approximate surface area is 218 Å². The Kier molecular flexibility index (Phi) is 7.37. The number of carbonyl (C=O) groups is 2. The summed E-state index contributed by atoms with van der Waals surface area (Å²) in [6.45, 7) is 3.73. The second-order valence-corrected chi connectivity index (χ2v) is 9.93. The smallest absolute Gasteiger partial charge is 0.245 e. The number of H-pyrrole nitrogens is 1. The summed E-state index contributed by atoms with van der Waals surface area (Å²) in [5.74, 6) is -0.117. The van der Waals surface area contributed by atoms with Crippen molar-refractivity contribution in [2.75, 3.05) is 20.1 Å². The van der Waals surface area contributed by atoms with Crippen LogP contribution in [0.15, 0.2) is 91.1 Å². The molecule has 190 valence electrons. The predicted molar refractivity (Wildman–Crippen MR) is 147 cm³/mol. The van der Waals surface area contributed by atoms with E-state index < -0.39 is 12.1 Å². The van der Waals surface area contributed by atoms with Gasteiger partial charge in [0.1, 0.15) is 6.04 Å². The van der Waals surface area contributed by atoms with Gasteiger partial charge in [0.2, 0.25) is 11.8 Å². The molecule has 3 unspecified atom stereocenters. The third-order valence-electron chi connectivity index (χ3n) is 7.45. The highest BCUT2D eigenvalue weighted by Gasteiger charge is 2.40. The van der Waals surface area contributed by atoms with E-state index in [4.69, 9.17) is 0 Å². The molecular formula is C31H34N4O2. The maximum Gasteiger partial charge on any atom is 0.245 e. The van der Waals surface area contributed by atoms with Crippen molar-refractivity contribution in [1.29, 1.82) is 0 Å². The lowest BCUT2D eigenvalue weighted by Gasteiger charge is -2.41. The number of fused-ring (bicyclic) bond motifs is 1. The number of piperazine rings is 1. The Morgan fingerprint density at radius 3 is 2.35 bits per heavy atom. The van der Waals surface area contributed by atoms with E-state index in [9.17, 15) is 9.59 Å². The van der Waals surface area contributed by atoms with Gasteiger partial charge in [-0.2, -0.15) is 0 Å². The molecule has 0 bridgehead atoms. The minimum atomic E-state index is -0.566. The highest BCUT2D eigenvalue weighted by atomic mass is 16.2. The van der Waals surface area contributed by atoms with Crippen LogP contribution in [0.4, 0.5) is 0 Å². The third-order valence-corrected chi connectivity index (χ3v) is 7.45. The lowest BCUT2D eigenvalue weighted by atomic mass is 9.90. The van der Waals surface area contributed by atoms with Crippen molar-refractivity contribution in [1.82, 2.24) is 20.1 Å². The summed E-state index contributed by atoms with van der Waals surface area (Å²) >= 11 is 0. The summed E-state index contributed by atoms with van der Waals surface area (Å²) in [6, 6.07) is 27.1. The zero-order chi connectivity index (χ0) is 25.8. The molecule has 37 heavy (non-hydrogen) atoms. The Balaban J connectivity index is 1.41. The molecular weight excluding hydrogens is 460 g/mol. The number of carbonyl (C=O) groups excluding carboxylic acids is 2. The molecule has 4 aromatic rings. The van der Waals surface area contributed by atoms with Crippen LogP contribution in [-0.4, -0.2) is 58.8 Å². The van der Waals surface area contributed by atoms with E-state index in [1.165, 1.54) is 0 Å². The van der Waals surface area contributed by atoms with Crippen LogP contribution < -0.4 is 5.32 Å². The maximum atomic E-state index is 14.0. The lowest BCUT2D eigenvalue weighted by molar-refractivity contribution is -0.148. The number of amides is 2. The fraction of sp³-hybridized carbons (Fsp3) is 0.290. The normalized spacial score (nSPS) is 17.5. The Hall–Kier alpha value is -3.90. The quantitative estimate of drug-likeness (QED) is 0.383. The van der Waals surface area contributed by atoms with E-state index in [1.54, 1.807) is 4.90 Å². The number of hydrogen-bond donors (Lipinski definition) is 2. The van der Waals surface area contributed by atoms with Crippen LogP contribution in [-0.2, 0) is 22.6 Å². The van der Waals surface area contributed by atoms with E-state index in [0.717, 1.165) is 27.6 Å². The average Bonchev–Trinajstić information content (AvgIpc) is 3.37. The van der Waals surface area contributed by atoms with Crippen LogP contribution >= 0.6 is 0 Å². The van der Waals surface area contributed by atoms with Gasteiger partial charge in [-0.15, -0.1) is 0 Å². The molecule has 1 fully saturated rings. The van der Waals surface area contributed by atoms with Crippen molar-refractivity contribution in [2.24, 2.45) is 0 Å². The van der Waals surface area contributed by atoms with Crippen molar-refractivity contribution in [2.45, 2.75) is 37.9 Å². The van der Waals surface area contributed by atoms with Crippen molar-refractivity contribution in [3.05, 3.63) is 108 Å². The molecule has 0 saturated carbocycles. The van der Waals surface area contributed by atoms with Crippen LogP contribution in [0.3, 0.4) is 0 Å². The van der Waals surface area contributed by atoms with Crippen molar-refractivity contribution in [3.8, 4) is 0 Å². The van der Waals surface area contributed by atoms with Crippen LogP contribution in [0.25, 0.3) is 10.9 Å². The third kappa shape index (κ3) is 5.30. The molecule has 1 aliphatic heterocycles. The molecule has 2 N–H and O–H groups in total. The summed E-state index contributed by atoms with van der Waals surface area (Å²) in [5.41, 5.74) is 4.27. The number of benzene rings is 3. The molecule has 0 radical (unpaired) electrons. The van der Waals surface area contributed by atoms with Crippen LogP contribution in [0.2, 0.25) is 0 Å². The number of nitrogens with one attached hydrogen (secondary N) is 2. The SMILES string of the molecule is CC(c1c[nH]c2ccccc12)C1NCCN(C(Cc2ccccc2)C(=O)N(C)Cc2ccccc2)C1=O. The first-order chi connectivity index (χ1) is 18.0. The van der Waals surface area contributed by atoms with E-state index >= 15 is 0 Å². The molecule has 3 aromatic carbocycles. The van der Waals surface area contributed by atoms with Crippen LogP contribution in [0.1, 0.15) is 29.5 Å². The number of hydrogen-bond acceptors (Lipinski definition) is 3. The number of para-hydroxylation sites is 1. The summed E-state index contributed by atoms with van der Waals surface area (Å²) in [7, 11) is 1.83. The van der Waals surface area contributed by atoms with E-state index in [-0.39, 0.29) is 17.7 Å². The van der Waals surface area contributed by atoms with Crippen molar-refractivity contribution in [3.63, 3.8) is 0 Å². The van der Waals surface area contributed by atoms with Gasteiger partial charge in [0.05, 0.1) is 6.04 Å². The molecule has 6 heteroatoms. The van der Waals surface area contributed by atoms with E-state index in [0.29, 0.717) is 26.1 Å². The maximum absolute atomic E-state index is 14.0. The molecule has 6 nitrogen and oxygen atoms in total. The largest absolute Gasteiger partial charge is 0.361 e. The fourth-order valence-corrected chi connectivity index (χ4v) is 5.42. The average molecular weight is 495 g/mol. The van der Waals surface area contributed by atoms with Gasteiger partial charge in [-0.25, -0.2) is 0 Å². The van der Waals surface area contributed by atoms with Gasteiger partial charge in [-0.05, 0) is 22.8 Å². The monoisotopic (exact) mass is 494 g/mol. The number of aromatic nitrogens is 1. The van der Waals surface area contributed by atoms with Gasteiger partial charge in [0, 0.05) is 56.1 Å². The first-order valence-electron chi connectivity index (χ1n) is 13.0. The van der Waals surface area contributed by atoms with Crippen molar-refractivity contribution >= 4 is 22.7 Å². The molecule has 5 rings (SSSR count). The zero-order valence-corrected chi connectivity index (χ0v) is 21.4. The first-order valence-corrected chi connectivity index (χ1v) is 13.0. The van der Waals surface area contributed by atoms with Gasteiger partial charge in [-0.3, -0.25) is 9.59 Å². The predicted octanol–water partition coefficient (Wildman–Crippen LogP) is 4.34. The number of aromatic amines is 1. The van der Waals surface area contributed by atoms with Gasteiger partial charge < -0.3 is 20.1 Å². The molecule has 0 aliphatic carbocycles. The molecule has 1 saturated heterocycles. The van der Waals surface area contributed by atoms with Gasteiger partial charge in [0.25, 0.3) is 0 Å². The summed E-state index contributed by atoms with van der Waals surface area (Å²) in [5, 5.41) is 4.57. The van der Waals surface area contributed by atoms with Crippen LogP contribution in [0.5, 0.6) is 0 Å². The summed E-state index contributed by atoms with van der Waals surface area (Å²) in [4.78, 5) is 34.8. The highest BCUT2D eigenvalue weighted by molar-refractivity contribution is 5.92. The minimum absolute atomic E-state index is 0.0218. The number of nitrogens with zero attached hydrogens (tertiary/aromatic N) is 2. The zero-order valence-electron chi connectivity index (χ0n) is 21.4. The second-order valence-electron chi connectivity index (χ2n) is 9.93. The molecule has 1 aromatic heterocycles. The molecule has 1 aliphatic rings. The summed E-state index contributed by atoms with van der Waals surface area (Å²) < 4.78 is 0. The number of likely N-dealkylation sites (N-methyl/N-ethyl adjacent to an activating group) is 1. The van der Waals surface area contributed by atoms with E-state index in [2.05, 4.69) is 23.3 Å².